The van der Waals surface area contributed by atoms with Crippen LogP contribution in [0, 0.1) is 0 Å². The summed E-state index contributed by atoms with van der Waals surface area (Å²) < 4.78 is 10.5. The van der Waals surface area contributed by atoms with Gasteiger partial charge >= 0.3 is 5.97 Å². The van der Waals surface area contributed by atoms with E-state index in [1.54, 1.807) is 13.0 Å². The van der Waals surface area contributed by atoms with Gasteiger partial charge in [0.25, 0.3) is 0 Å². The maximum absolute atomic E-state index is 12.0. The molecule has 0 fully saturated rings. The molecule has 4 aromatic rings. The fraction of sp³-hybridized carbons (Fsp3) is 0.259. The number of rotatable bonds is 9. The van der Waals surface area contributed by atoms with E-state index in [0.29, 0.717) is 23.8 Å². The molecule has 1 N–H and O–H groups in total. The van der Waals surface area contributed by atoms with Crippen LogP contribution in [0.5, 0.6) is 0 Å². The van der Waals surface area contributed by atoms with Gasteiger partial charge in [0.15, 0.2) is 5.69 Å². The minimum Gasteiger partial charge on any atom is -0.461 e. The minimum absolute atomic E-state index is 0.0886. The van der Waals surface area contributed by atoms with Crippen LogP contribution < -0.4 is 5.32 Å². The van der Waals surface area contributed by atoms with E-state index in [1.807, 2.05) is 24.3 Å². The number of hydrogen-bond acceptors (Lipinski definition) is 5. The van der Waals surface area contributed by atoms with Crippen LogP contribution in [0.25, 0.3) is 10.8 Å². The van der Waals surface area contributed by atoms with Gasteiger partial charge in [-0.15, -0.1) is 0 Å². The molecule has 3 aromatic carbocycles. The van der Waals surface area contributed by atoms with Gasteiger partial charge in [-0.05, 0) is 53.9 Å². The predicted molar refractivity (Wildman–Crippen MR) is 131 cm³/mol. The first-order chi connectivity index (χ1) is 16.0. The van der Waals surface area contributed by atoms with E-state index >= 15 is 0 Å². The molecule has 1 aromatic heterocycles. The average molecular weight is 463 g/mol. The SMILES string of the molecule is CCOC(=O)c1cc(CC(c2ccc(Cl)cc2)C(C)NCc2ccc3ccccc3c2)on1. The smallest absolute Gasteiger partial charge is 0.360 e. The molecule has 170 valence electrons. The van der Waals surface area contributed by atoms with Crippen molar-refractivity contribution in [2.45, 2.75) is 38.8 Å². The first-order valence-corrected chi connectivity index (χ1v) is 11.5. The van der Waals surface area contributed by atoms with Gasteiger partial charge in [0.1, 0.15) is 5.76 Å². The highest BCUT2D eigenvalue weighted by Gasteiger charge is 2.23. The number of halogens is 1. The molecule has 0 radical (unpaired) electrons. The quantitative estimate of drug-likeness (QED) is 0.302. The standard InChI is InChI=1S/C27H27ClN2O3/c1-3-32-27(31)26-16-24(33-30-26)15-25(21-10-12-23(28)13-11-21)18(2)29-17-19-8-9-20-6-4-5-7-22(20)14-19/h4-14,16,18,25,29H,3,15,17H2,1-2H3. The summed E-state index contributed by atoms with van der Waals surface area (Å²) in [6.45, 7) is 4.95. The number of benzene rings is 3. The summed E-state index contributed by atoms with van der Waals surface area (Å²) in [5.41, 5.74) is 2.55. The molecule has 0 aliphatic carbocycles. The zero-order valence-electron chi connectivity index (χ0n) is 18.8. The van der Waals surface area contributed by atoms with Crippen molar-refractivity contribution in [2.24, 2.45) is 0 Å². The number of nitrogens with one attached hydrogen (secondary N) is 1. The van der Waals surface area contributed by atoms with Crippen LogP contribution in [-0.4, -0.2) is 23.8 Å². The Morgan fingerprint density at radius 1 is 1.06 bits per heavy atom. The summed E-state index contributed by atoms with van der Waals surface area (Å²) >= 11 is 6.12. The Kier molecular flexibility index (Phi) is 7.43. The van der Waals surface area contributed by atoms with E-state index < -0.39 is 5.97 Å². The molecule has 6 heteroatoms. The van der Waals surface area contributed by atoms with Crippen molar-refractivity contribution in [1.29, 1.82) is 0 Å². The van der Waals surface area contributed by atoms with Crippen LogP contribution in [0.3, 0.4) is 0 Å². The summed E-state index contributed by atoms with van der Waals surface area (Å²) in [5.74, 6) is 0.251. The first kappa shape index (κ1) is 23.0. The lowest BCUT2D eigenvalue weighted by atomic mass is 9.88. The lowest BCUT2D eigenvalue weighted by Gasteiger charge is -2.25. The molecular weight excluding hydrogens is 436 g/mol. The van der Waals surface area contributed by atoms with Gasteiger partial charge in [0.2, 0.25) is 0 Å². The molecular formula is C27H27ClN2O3. The maximum atomic E-state index is 12.0. The molecule has 4 rings (SSSR count). The monoisotopic (exact) mass is 462 g/mol. The third-order valence-electron chi connectivity index (χ3n) is 5.81. The predicted octanol–water partition coefficient (Wildman–Crippen LogP) is 6.16. The third-order valence-corrected chi connectivity index (χ3v) is 6.06. The van der Waals surface area contributed by atoms with Crippen LogP contribution in [0.15, 0.2) is 77.3 Å². The highest BCUT2D eigenvalue weighted by molar-refractivity contribution is 6.30. The van der Waals surface area contributed by atoms with Crippen LogP contribution in [0.4, 0.5) is 0 Å². The van der Waals surface area contributed by atoms with Crippen molar-refractivity contribution in [3.63, 3.8) is 0 Å². The summed E-state index contributed by atoms with van der Waals surface area (Å²) in [6, 6.07) is 24.5. The number of carbonyl (C=O) groups excluding carboxylic acids is 1. The molecule has 0 aliphatic heterocycles. The number of ether oxygens (including phenoxy) is 1. The van der Waals surface area contributed by atoms with Crippen molar-refractivity contribution >= 4 is 28.3 Å². The van der Waals surface area contributed by atoms with Crippen LogP contribution in [0.2, 0.25) is 5.02 Å². The van der Waals surface area contributed by atoms with Gasteiger partial charge in [-0.2, -0.15) is 0 Å². The topological polar surface area (TPSA) is 64.4 Å². The molecule has 0 bridgehead atoms. The van der Waals surface area contributed by atoms with Gasteiger partial charge in [-0.1, -0.05) is 65.3 Å². The number of hydrogen-bond donors (Lipinski definition) is 1. The van der Waals surface area contributed by atoms with Crippen molar-refractivity contribution in [1.82, 2.24) is 10.5 Å². The fourth-order valence-electron chi connectivity index (χ4n) is 3.99. The Labute approximate surface area is 198 Å². The summed E-state index contributed by atoms with van der Waals surface area (Å²) in [5, 5.41) is 10.7. The molecule has 33 heavy (non-hydrogen) atoms. The molecule has 2 atom stereocenters. The Morgan fingerprint density at radius 2 is 1.82 bits per heavy atom. The zero-order chi connectivity index (χ0) is 23.2. The number of fused-ring (bicyclic) bond motifs is 1. The van der Waals surface area contributed by atoms with Gasteiger partial charge < -0.3 is 14.6 Å². The van der Waals surface area contributed by atoms with Gasteiger partial charge in [-0.25, -0.2) is 4.79 Å². The van der Waals surface area contributed by atoms with E-state index in [0.717, 1.165) is 12.1 Å². The molecule has 0 saturated heterocycles. The van der Waals surface area contributed by atoms with Gasteiger partial charge in [0, 0.05) is 36.0 Å². The van der Waals surface area contributed by atoms with Crippen LogP contribution >= 0.6 is 11.6 Å². The highest BCUT2D eigenvalue weighted by Crippen LogP contribution is 2.27. The Morgan fingerprint density at radius 3 is 2.58 bits per heavy atom. The van der Waals surface area contributed by atoms with Crippen molar-refractivity contribution in [2.75, 3.05) is 6.61 Å². The molecule has 1 heterocycles. The molecule has 0 spiro atoms. The van der Waals surface area contributed by atoms with Crippen molar-refractivity contribution < 1.29 is 14.1 Å². The second-order valence-electron chi connectivity index (χ2n) is 8.11. The van der Waals surface area contributed by atoms with Crippen LogP contribution in [-0.2, 0) is 17.7 Å². The van der Waals surface area contributed by atoms with Crippen molar-refractivity contribution in [3.05, 3.63) is 100 Å². The van der Waals surface area contributed by atoms with E-state index in [1.165, 1.54) is 16.3 Å². The van der Waals surface area contributed by atoms with Crippen molar-refractivity contribution in [3.8, 4) is 0 Å². The summed E-state index contributed by atoms with van der Waals surface area (Å²) in [7, 11) is 0. The lowest BCUT2D eigenvalue weighted by molar-refractivity contribution is 0.0514. The second kappa shape index (κ2) is 10.6. The molecule has 0 aliphatic rings. The molecule has 0 amide bonds. The number of nitrogens with zero attached hydrogens (tertiary/aromatic N) is 1. The van der Waals surface area contributed by atoms with Crippen LogP contribution in [0.1, 0.15) is 47.1 Å². The Bertz CT molecular complexity index is 1220. The summed E-state index contributed by atoms with van der Waals surface area (Å²) in [6.07, 6.45) is 0.583. The minimum atomic E-state index is -0.474. The lowest BCUT2D eigenvalue weighted by Crippen LogP contribution is -2.33. The molecule has 5 nitrogen and oxygen atoms in total. The largest absolute Gasteiger partial charge is 0.461 e. The number of carbonyl (C=O) groups is 1. The average Bonchev–Trinajstić information content (AvgIpc) is 3.31. The normalized spacial score (nSPS) is 13.1. The van der Waals surface area contributed by atoms with E-state index in [9.17, 15) is 4.79 Å². The van der Waals surface area contributed by atoms with E-state index in [-0.39, 0.29) is 17.7 Å². The van der Waals surface area contributed by atoms with E-state index in [4.69, 9.17) is 20.9 Å². The number of aromatic nitrogens is 1. The van der Waals surface area contributed by atoms with Gasteiger partial charge in [-0.3, -0.25) is 0 Å². The molecule has 0 saturated carbocycles. The Hall–Kier alpha value is -3.15. The van der Waals surface area contributed by atoms with E-state index in [2.05, 4.69) is 59.9 Å². The van der Waals surface area contributed by atoms with Gasteiger partial charge in [0.05, 0.1) is 6.61 Å². The third kappa shape index (κ3) is 5.81. The summed E-state index contributed by atoms with van der Waals surface area (Å²) in [4.78, 5) is 12.0. The second-order valence-corrected chi connectivity index (χ2v) is 8.55. The highest BCUT2D eigenvalue weighted by atomic mass is 35.5. The fourth-order valence-corrected chi connectivity index (χ4v) is 4.12. The zero-order valence-corrected chi connectivity index (χ0v) is 19.5. The maximum Gasteiger partial charge on any atom is 0.360 e. The Balaban J connectivity index is 1.51. The number of esters is 1. The first-order valence-electron chi connectivity index (χ1n) is 11.1. The molecule has 2 unspecified atom stereocenters.